The molecule has 1 fully saturated rings. The summed E-state index contributed by atoms with van der Waals surface area (Å²) in [5, 5.41) is 3.80. The maximum Gasteiger partial charge on any atom is 0.276 e. The van der Waals surface area contributed by atoms with E-state index in [4.69, 9.17) is 14.0 Å². The number of carbonyl (C=O) groups is 1. The molecule has 1 saturated heterocycles. The topological polar surface area (TPSA) is 64.8 Å². The van der Waals surface area contributed by atoms with Crippen molar-refractivity contribution in [2.75, 3.05) is 26.8 Å². The molecular formula is C18H22N2O4. The van der Waals surface area contributed by atoms with Crippen molar-refractivity contribution in [3.05, 3.63) is 47.3 Å². The Kier molecular flexibility index (Phi) is 4.57. The molecule has 1 aromatic carbocycles. The van der Waals surface area contributed by atoms with Crippen LogP contribution in [-0.4, -0.2) is 48.4 Å². The molecule has 0 bridgehead atoms. The summed E-state index contributed by atoms with van der Waals surface area (Å²) in [5.41, 5.74) is 0.906. The lowest BCUT2D eigenvalue weighted by molar-refractivity contribution is -0.0344. The first-order chi connectivity index (χ1) is 11.5. The lowest BCUT2D eigenvalue weighted by Gasteiger charge is -2.28. The molecule has 0 aliphatic carbocycles. The molecule has 6 heteroatoms. The van der Waals surface area contributed by atoms with E-state index in [9.17, 15) is 4.79 Å². The average Bonchev–Trinajstić information content (AvgIpc) is 3.21. The Bertz CT molecular complexity index is 727. The number of aryl methyl sites for hydroxylation is 2. The Morgan fingerprint density at radius 1 is 1.38 bits per heavy atom. The highest BCUT2D eigenvalue weighted by molar-refractivity contribution is 5.92. The van der Waals surface area contributed by atoms with Gasteiger partial charge in [0, 0.05) is 19.7 Å². The van der Waals surface area contributed by atoms with Gasteiger partial charge in [-0.1, -0.05) is 23.4 Å². The summed E-state index contributed by atoms with van der Waals surface area (Å²) in [7, 11) is 1.66. The molecule has 1 aliphatic heterocycles. The van der Waals surface area contributed by atoms with Crippen molar-refractivity contribution in [1.82, 2.24) is 10.1 Å². The van der Waals surface area contributed by atoms with Crippen molar-refractivity contribution >= 4 is 5.91 Å². The highest BCUT2D eigenvalue weighted by Crippen LogP contribution is 2.28. The molecule has 128 valence electrons. The second-order valence-corrected chi connectivity index (χ2v) is 6.24. The zero-order chi connectivity index (χ0) is 17.2. The Balaban J connectivity index is 1.66. The number of hydrogen-bond donors (Lipinski definition) is 0. The van der Waals surface area contributed by atoms with Crippen LogP contribution >= 0.6 is 0 Å². The largest absolute Gasteiger partial charge is 0.490 e. The van der Waals surface area contributed by atoms with E-state index in [1.807, 2.05) is 31.2 Å². The van der Waals surface area contributed by atoms with Gasteiger partial charge in [0.1, 0.15) is 23.7 Å². The molecule has 1 unspecified atom stereocenters. The van der Waals surface area contributed by atoms with Crippen LogP contribution < -0.4 is 4.74 Å². The first kappa shape index (κ1) is 16.5. The molecule has 24 heavy (non-hydrogen) atoms. The second-order valence-electron chi connectivity index (χ2n) is 6.24. The van der Waals surface area contributed by atoms with E-state index in [0.29, 0.717) is 31.2 Å². The molecule has 0 spiro atoms. The van der Waals surface area contributed by atoms with Crippen molar-refractivity contribution in [3.63, 3.8) is 0 Å². The second kappa shape index (κ2) is 6.65. The van der Waals surface area contributed by atoms with Gasteiger partial charge in [0.05, 0.1) is 6.54 Å². The van der Waals surface area contributed by atoms with E-state index in [2.05, 4.69) is 5.16 Å². The van der Waals surface area contributed by atoms with E-state index >= 15 is 0 Å². The molecular weight excluding hydrogens is 308 g/mol. The molecule has 1 aliphatic rings. The van der Waals surface area contributed by atoms with E-state index < -0.39 is 5.60 Å². The maximum atomic E-state index is 12.5. The summed E-state index contributed by atoms with van der Waals surface area (Å²) >= 11 is 0. The Morgan fingerprint density at radius 3 is 2.83 bits per heavy atom. The number of aromatic nitrogens is 1. The fourth-order valence-electron chi connectivity index (χ4n) is 2.92. The highest BCUT2D eigenvalue weighted by atomic mass is 16.5. The third-order valence-electron chi connectivity index (χ3n) is 4.47. The van der Waals surface area contributed by atoms with Gasteiger partial charge in [0.2, 0.25) is 0 Å². The normalized spacial score (nSPS) is 20.4. The van der Waals surface area contributed by atoms with Crippen LogP contribution in [0.3, 0.4) is 0 Å². The molecule has 6 nitrogen and oxygen atoms in total. The minimum atomic E-state index is -0.503. The predicted molar refractivity (Wildman–Crippen MR) is 88.2 cm³/mol. The first-order valence-corrected chi connectivity index (χ1v) is 7.99. The van der Waals surface area contributed by atoms with Gasteiger partial charge in [-0.15, -0.1) is 0 Å². The van der Waals surface area contributed by atoms with E-state index in [1.54, 1.807) is 25.0 Å². The van der Waals surface area contributed by atoms with Crippen LogP contribution in [0.2, 0.25) is 0 Å². The minimum absolute atomic E-state index is 0.137. The lowest BCUT2D eigenvalue weighted by atomic mass is 10.0. The number of nitrogens with zero attached hydrogens (tertiary/aromatic N) is 2. The van der Waals surface area contributed by atoms with Crippen LogP contribution in [0.1, 0.15) is 28.2 Å². The third kappa shape index (κ3) is 3.28. The summed E-state index contributed by atoms with van der Waals surface area (Å²) in [5.74, 6) is 1.32. The van der Waals surface area contributed by atoms with Gasteiger partial charge >= 0.3 is 0 Å². The zero-order valence-corrected chi connectivity index (χ0v) is 14.2. The fourth-order valence-corrected chi connectivity index (χ4v) is 2.92. The van der Waals surface area contributed by atoms with E-state index in [0.717, 1.165) is 17.7 Å². The standard InChI is InChI=1S/C18H22N2O4/c1-13-6-4-5-7-16(13)23-12-18(22-3)8-9-20(11-18)17(21)15-10-14(2)24-19-15/h4-7,10H,8-9,11-12H2,1-3H3. The van der Waals surface area contributed by atoms with Crippen LogP contribution in [0.15, 0.2) is 34.9 Å². The Morgan fingerprint density at radius 2 is 2.17 bits per heavy atom. The summed E-state index contributed by atoms with van der Waals surface area (Å²) in [4.78, 5) is 14.2. The first-order valence-electron chi connectivity index (χ1n) is 7.99. The Labute approximate surface area is 141 Å². The molecule has 1 atom stereocenters. The maximum absolute atomic E-state index is 12.5. The van der Waals surface area contributed by atoms with E-state index in [1.165, 1.54) is 0 Å². The molecule has 0 N–H and O–H groups in total. The van der Waals surface area contributed by atoms with Crippen LogP contribution in [0.25, 0.3) is 0 Å². The molecule has 2 heterocycles. The number of benzene rings is 1. The van der Waals surface area contributed by atoms with Crippen molar-refractivity contribution in [1.29, 1.82) is 0 Å². The third-order valence-corrected chi connectivity index (χ3v) is 4.47. The molecule has 2 aromatic rings. The van der Waals surface area contributed by atoms with Gasteiger partial charge in [-0.25, -0.2) is 0 Å². The lowest BCUT2D eigenvalue weighted by Crippen LogP contribution is -2.42. The summed E-state index contributed by atoms with van der Waals surface area (Å²) in [6.07, 6.45) is 0.720. The van der Waals surface area contributed by atoms with Crippen molar-refractivity contribution in [2.45, 2.75) is 25.9 Å². The zero-order valence-electron chi connectivity index (χ0n) is 14.2. The number of para-hydroxylation sites is 1. The van der Waals surface area contributed by atoms with Gasteiger partial charge in [0.25, 0.3) is 5.91 Å². The number of ether oxygens (including phenoxy) is 2. The molecule has 1 aromatic heterocycles. The quantitative estimate of drug-likeness (QED) is 0.843. The van der Waals surface area contributed by atoms with Crippen LogP contribution in [0.4, 0.5) is 0 Å². The van der Waals surface area contributed by atoms with Crippen molar-refractivity contribution in [2.24, 2.45) is 0 Å². The average molecular weight is 330 g/mol. The molecule has 1 amide bonds. The van der Waals surface area contributed by atoms with Gasteiger partial charge in [-0.3, -0.25) is 4.79 Å². The number of carbonyl (C=O) groups excluding carboxylic acids is 1. The number of likely N-dealkylation sites (tertiary alicyclic amines) is 1. The van der Waals surface area contributed by atoms with Gasteiger partial charge in [-0.2, -0.15) is 0 Å². The van der Waals surface area contributed by atoms with E-state index in [-0.39, 0.29) is 5.91 Å². The number of methoxy groups -OCH3 is 1. The predicted octanol–water partition coefficient (Wildman–Crippen LogP) is 2.60. The molecule has 0 radical (unpaired) electrons. The van der Waals surface area contributed by atoms with Gasteiger partial charge in [-0.05, 0) is 31.9 Å². The minimum Gasteiger partial charge on any atom is -0.490 e. The molecule has 3 rings (SSSR count). The van der Waals surface area contributed by atoms with Gasteiger partial charge in [0.15, 0.2) is 5.69 Å². The van der Waals surface area contributed by atoms with Crippen molar-refractivity contribution in [3.8, 4) is 5.75 Å². The van der Waals surface area contributed by atoms with Crippen LogP contribution in [-0.2, 0) is 4.74 Å². The summed E-state index contributed by atoms with van der Waals surface area (Å²) in [6.45, 7) is 5.25. The van der Waals surface area contributed by atoms with Crippen LogP contribution in [0.5, 0.6) is 5.75 Å². The monoisotopic (exact) mass is 330 g/mol. The fraction of sp³-hybridized carbons (Fsp3) is 0.444. The van der Waals surface area contributed by atoms with Gasteiger partial charge < -0.3 is 18.9 Å². The smallest absolute Gasteiger partial charge is 0.276 e. The summed E-state index contributed by atoms with van der Waals surface area (Å²) in [6, 6.07) is 9.52. The van der Waals surface area contributed by atoms with Crippen molar-refractivity contribution < 1.29 is 18.8 Å². The Hall–Kier alpha value is -2.34. The summed E-state index contributed by atoms with van der Waals surface area (Å²) < 4.78 is 16.7. The number of rotatable bonds is 5. The SMILES string of the molecule is COC1(COc2ccccc2C)CCN(C(=O)c2cc(C)on2)C1. The van der Waals surface area contributed by atoms with Crippen LogP contribution in [0, 0.1) is 13.8 Å². The number of amides is 1. The molecule has 0 saturated carbocycles. The number of hydrogen-bond acceptors (Lipinski definition) is 5. The highest BCUT2D eigenvalue weighted by Gasteiger charge is 2.42.